The van der Waals surface area contributed by atoms with Crippen molar-refractivity contribution >= 4 is 11.8 Å². The standard InChI is InChI=1S/C23H27N3O4/c1-29-20-10-16-7-8-25(13-18(16)11-21(20)30-2)22(27)14-26-12-17-6-4-3-5-15(17)9-19(26)23(24)28/h3-6,10-11,19H,7-9,12-14H2,1-2H3,(H2,24,28)/t19-/m0/s1. The molecule has 2 N–H and O–H groups in total. The highest BCUT2D eigenvalue weighted by molar-refractivity contribution is 5.83. The van der Waals surface area contributed by atoms with Crippen molar-refractivity contribution in [3.8, 4) is 11.5 Å². The van der Waals surface area contributed by atoms with Gasteiger partial charge in [-0.15, -0.1) is 0 Å². The number of amides is 2. The van der Waals surface area contributed by atoms with Gasteiger partial charge in [0.2, 0.25) is 11.8 Å². The van der Waals surface area contributed by atoms with Crippen LogP contribution in [0.25, 0.3) is 0 Å². The number of nitrogens with zero attached hydrogens (tertiary/aromatic N) is 2. The molecule has 2 aliphatic heterocycles. The van der Waals surface area contributed by atoms with Gasteiger partial charge in [-0.3, -0.25) is 14.5 Å². The van der Waals surface area contributed by atoms with Crippen molar-refractivity contribution < 1.29 is 19.1 Å². The van der Waals surface area contributed by atoms with Crippen molar-refractivity contribution in [2.75, 3.05) is 27.3 Å². The Morgan fingerprint density at radius 3 is 2.33 bits per heavy atom. The Morgan fingerprint density at radius 2 is 1.67 bits per heavy atom. The van der Waals surface area contributed by atoms with Gasteiger partial charge < -0.3 is 20.1 Å². The molecule has 0 spiro atoms. The molecule has 0 saturated heterocycles. The zero-order chi connectivity index (χ0) is 21.3. The molecule has 0 radical (unpaired) electrons. The van der Waals surface area contributed by atoms with Gasteiger partial charge in [0.1, 0.15) is 0 Å². The second kappa shape index (κ2) is 8.36. The topological polar surface area (TPSA) is 85.1 Å². The van der Waals surface area contributed by atoms with E-state index in [1.54, 1.807) is 14.2 Å². The van der Waals surface area contributed by atoms with E-state index in [0.717, 1.165) is 23.1 Å². The third-order valence-electron chi connectivity index (χ3n) is 6.08. The molecule has 2 aromatic carbocycles. The van der Waals surface area contributed by atoms with Crippen molar-refractivity contribution in [2.45, 2.75) is 32.0 Å². The van der Waals surface area contributed by atoms with Crippen LogP contribution in [-0.2, 0) is 35.5 Å². The molecule has 0 unspecified atom stereocenters. The SMILES string of the molecule is COc1cc2c(cc1OC)CN(C(=O)CN1Cc3ccccc3C[C@H]1C(N)=O)CC2. The lowest BCUT2D eigenvalue weighted by molar-refractivity contribution is -0.135. The van der Waals surface area contributed by atoms with Crippen LogP contribution in [0.5, 0.6) is 11.5 Å². The maximum Gasteiger partial charge on any atom is 0.237 e. The number of fused-ring (bicyclic) bond motifs is 2. The van der Waals surface area contributed by atoms with Gasteiger partial charge in [0, 0.05) is 19.6 Å². The van der Waals surface area contributed by atoms with Crippen LogP contribution in [0, 0.1) is 0 Å². The Hall–Kier alpha value is -3.06. The highest BCUT2D eigenvalue weighted by Crippen LogP contribution is 2.33. The molecule has 7 heteroatoms. The Bertz CT molecular complexity index is 975. The quantitative estimate of drug-likeness (QED) is 0.809. The number of rotatable bonds is 5. The summed E-state index contributed by atoms with van der Waals surface area (Å²) in [6, 6.07) is 11.5. The van der Waals surface area contributed by atoms with Gasteiger partial charge >= 0.3 is 0 Å². The van der Waals surface area contributed by atoms with Gasteiger partial charge in [-0.25, -0.2) is 0 Å². The first-order chi connectivity index (χ1) is 14.5. The number of carbonyl (C=O) groups excluding carboxylic acids is 2. The lowest BCUT2D eigenvalue weighted by atomic mass is 9.93. The molecule has 1 atom stereocenters. The average Bonchev–Trinajstić information content (AvgIpc) is 2.76. The molecule has 0 bridgehead atoms. The monoisotopic (exact) mass is 409 g/mol. The van der Waals surface area contributed by atoms with E-state index in [0.29, 0.717) is 37.6 Å². The summed E-state index contributed by atoms with van der Waals surface area (Å²) < 4.78 is 10.8. The van der Waals surface area contributed by atoms with Crippen molar-refractivity contribution in [2.24, 2.45) is 5.73 Å². The van der Waals surface area contributed by atoms with Crippen LogP contribution >= 0.6 is 0 Å². The smallest absolute Gasteiger partial charge is 0.237 e. The molecule has 4 rings (SSSR count). The molecule has 0 saturated carbocycles. The molecule has 7 nitrogen and oxygen atoms in total. The second-order valence-electron chi connectivity index (χ2n) is 7.84. The third-order valence-corrected chi connectivity index (χ3v) is 6.08. The van der Waals surface area contributed by atoms with Crippen LogP contribution in [-0.4, -0.2) is 55.0 Å². The predicted octanol–water partition coefficient (Wildman–Crippen LogP) is 1.50. The fraction of sp³-hybridized carbons (Fsp3) is 0.391. The maximum absolute atomic E-state index is 13.1. The summed E-state index contributed by atoms with van der Waals surface area (Å²) >= 11 is 0. The summed E-state index contributed by atoms with van der Waals surface area (Å²) in [5.41, 5.74) is 10.1. The molecule has 2 aliphatic rings. The third kappa shape index (κ3) is 3.85. The molecule has 0 fully saturated rings. The number of methoxy groups -OCH3 is 2. The van der Waals surface area contributed by atoms with Gasteiger partial charge in [0.05, 0.1) is 26.8 Å². The van der Waals surface area contributed by atoms with Crippen LogP contribution in [0.3, 0.4) is 0 Å². The van der Waals surface area contributed by atoms with Crippen LogP contribution in [0.1, 0.15) is 22.3 Å². The van der Waals surface area contributed by atoms with Crippen molar-refractivity contribution in [3.05, 3.63) is 58.7 Å². The molecule has 2 amide bonds. The minimum absolute atomic E-state index is 0.000987. The minimum atomic E-state index is -0.467. The molecule has 2 heterocycles. The van der Waals surface area contributed by atoms with E-state index in [9.17, 15) is 9.59 Å². The van der Waals surface area contributed by atoms with E-state index in [2.05, 4.69) is 0 Å². The van der Waals surface area contributed by atoms with E-state index in [4.69, 9.17) is 15.2 Å². The van der Waals surface area contributed by atoms with Crippen LogP contribution in [0.15, 0.2) is 36.4 Å². The number of hydrogen-bond acceptors (Lipinski definition) is 5. The molecule has 0 aliphatic carbocycles. The molecule has 2 aromatic rings. The summed E-state index contributed by atoms with van der Waals surface area (Å²) in [6.45, 7) is 1.86. The van der Waals surface area contributed by atoms with Gasteiger partial charge in [-0.05, 0) is 47.2 Å². The number of nitrogens with two attached hydrogens (primary N) is 1. The lowest BCUT2D eigenvalue weighted by Gasteiger charge is -2.37. The van der Waals surface area contributed by atoms with Crippen LogP contribution < -0.4 is 15.2 Å². The molecule has 0 aromatic heterocycles. The largest absolute Gasteiger partial charge is 0.493 e. The van der Waals surface area contributed by atoms with Gasteiger partial charge in [0.25, 0.3) is 0 Å². The second-order valence-corrected chi connectivity index (χ2v) is 7.84. The summed E-state index contributed by atoms with van der Waals surface area (Å²) in [5.74, 6) is 0.971. The summed E-state index contributed by atoms with van der Waals surface area (Å²) in [4.78, 5) is 28.9. The van der Waals surface area contributed by atoms with Gasteiger partial charge in [-0.1, -0.05) is 24.3 Å². The number of hydrogen-bond donors (Lipinski definition) is 1. The molecular weight excluding hydrogens is 382 g/mol. The van der Waals surface area contributed by atoms with E-state index < -0.39 is 11.9 Å². The Labute approximate surface area is 176 Å². The van der Waals surface area contributed by atoms with Crippen LogP contribution in [0.4, 0.5) is 0 Å². The Balaban J connectivity index is 1.49. The van der Waals surface area contributed by atoms with Gasteiger partial charge in [0.15, 0.2) is 11.5 Å². The van der Waals surface area contributed by atoms with E-state index in [-0.39, 0.29) is 12.5 Å². The first kappa shape index (κ1) is 20.2. The van der Waals surface area contributed by atoms with E-state index >= 15 is 0 Å². The average molecular weight is 409 g/mol. The fourth-order valence-corrected chi connectivity index (χ4v) is 4.39. The first-order valence-electron chi connectivity index (χ1n) is 10.1. The van der Waals surface area contributed by atoms with Crippen molar-refractivity contribution in [1.82, 2.24) is 9.80 Å². The fourth-order valence-electron chi connectivity index (χ4n) is 4.39. The van der Waals surface area contributed by atoms with E-state index in [1.807, 2.05) is 46.2 Å². The van der Waals surface area contributed by atoms with Crippen molar-refractivity contribution in [3.63, 3.8) is 0 Å². The number of primary amides is 1. The molecule has 30 heavy (non-hydrogen) atoms. The molecule has 158 valence electrons. The maximum atomic E-state index is 13.1. The van der Waals surface area contributed by atoms with Crippen molar-refractivity contribution in [1.29, 1.82) is 0 Å². The number of ether oxygens (including phenoxy) is 2. The van der Waals surface area contributed by atoms with Crippen LogP contribution in [0.2, 0.25) is 0 Å². The number of benzene rings is 2. The Kier molecular flexibility index (Phi) is 5.63. The molecular formula is C23H27N3O4. The highest BCUT2D eigenvalue weighted by atomic mass is 16.5. The zero-order valence-electron chi connectivity index (χ0n) is 17.4. The zero-order valence-corrected chi connectivity index (χ0v) is 17.4. The minimum Gasteiger partial charge on any atom is -0.493 e. The predicted molar refractivity (Wildman–Crippen MR) is 112 cm³/mol. The first-order valence-corrected chi connectivity index (χ1v) is 10.1. The number of carbonyl (C=O) groups is 2. The normalized spacial score (nSPS) is 18.3. The summed E-state index contributed by atoms with van der Waals surface area (Å²) in [6.07, 6.45) is 1.29. The van der Waals surface area contributed by atoms with E-state index in [1.165, 1.54) is 5.56 Å². The Morgan fingerprint density at radius 1 is 1.00 bits per heavy atom. The summed E-state index contributed by atoms with van der Waals surface area (Å²) in [5, 5.41) is 0. The lowest BCUT2D eigenvalue weighted by Crippen LogP contribution is -2.52. The summed E-state index contributed by atoms with van der Waals surface area (Å²) in [7, 11) is 3.23. The highest BCUT2D eigenvalue weighted by Gasteiger charge is 2.33. The van der Waals surface area contributed by atoms with Gasteiger partial charge in [-0.2, -0.15) is 0 Å².